The summed E-state index contributed by atoms with van der Waals surface area (Å²) in [5.41, 5.74) is -0.298. The minimum Gasteiger partial charge on any atom is -0.466 e. The fourth-order valence-corrected chi connectivity index (χ4v) is 2.66. The van der Waals surface area contributed by atoms with Crippen LogP contribution in [0.5, 0.6) is 11.6 Å². The number of nitrogens with one attached hydrogen (secondary N) is 2. The Morgan fingerprint density at radius 2 is 2.06 bits per heavy atom. The summed E-state index contributed by atoms with van der Waals surface area (Å²) in [4.78, 5) is 8.76. The highest BCUT2D eigenvalue weighted by Gasteiger charge is 2.26. The number of hydrogen-bond donors (Lipinski definition) is 3. The molecule has 0 saturated heterocycles. The fourth-order valence-electron chi connectivity index (χ4n) is 2.66. The van der Waals surface area contributed by atoms with Crippen molar-refractivity contribution in [3.8, 4) is 11.6 Å². The van der Waals surface area contributed by atoms with Crippen LogP contribution in [0.3, 0.4) is 0 Å². The van der Waals surface area contributed by atoms with Gasteiger partial charge >= 0.3 is 0 Å². The molecule has 3 aromatic rings. The van der Waals surface area contributed by atoms with Gasteiger partial charge in [0.25, 0.3) is 0 Å². The Bertz CT molecular complexity index is 963. The van der Waals surface area contributed by atoms with Crippen LogP contribution in [0, 0.1) is 5.82 Å². The number of hydrogen-bond acceptors (Lipinski definition) is 5. The molecule has 0 bridgehead atoms. The lowest BCUT2D eigenvalue weighted by atomic mass is 10.0. The standard InChI is InChI=1S/C22H25FN4O3.HI/c1-3-24-21(27-15-22(2,28)19-8-5-11-29-19)26-14-16-9-10-20(25-13-16)30-18-7-4-6-17(23)12-18;/h4-13,28H,3,14-15H2,1-2H3,(H2,24,26,27);1H. The van der Waals surface area contributed by atoms with E-state index in [1.54, 1.807) is 43.5 Å². The second kappa shape index (κ2) is 11.7. The maximum Gasteiger partial charge on any atom is 0.219 e. The number of pyridine rings is 1. The van der Waals surface area contributed by atoms with Gasteiger partial charge in [-0.1, -0.05) is 12.1 Å². The van der Waals surface area contributed by atoms with Gasteiger partial charge in [0.2, 0.25) is 5.88 Å². The van der Waals surface area contributed by atoms with Gasteiger partial charge in [0.15, 0.2) is 5.96 Å². The molecule has 1 atom stereocenters. The zero-order valence-corrected chi connectivity index (χ0v) is 19.7. The van der Waals surface area contributed by atoms with Crippen LogP contribution < -0.4 is 15.4 Å². The van der Waals surface area contributed by atoms with Gasteiger partial charge in [0.1, 0.15) is 22.9 Å². The average Bonchev–Trinajstić information content (AvgIpc) is 3.27. The number of aromatic nitrogens is 1. The molecule has 1 aromatic carbocycles. The molecule has 3 N–H and O–H groups in total. The molecule has 31 heavy (non-hydrogen) atoms. The van der Waals surface area contributed by atoms with E-state index in [1.165, 1.54) is 18.4 Å². The Morgan fingerprint density at radius 1 is 1.23 bits per heavy atom. The largest absolute Gasteiger partial charge is 0.466 e. The number of halogens is 2. The van der Waals surface area contributed by atoms with Gasteiger partial charge in [-0.05, 0) is 43.7 Å². The van der Waals surface area contributed by atoms with E-state index >= 15 is 0 Å². The summed E-state index contributed by atoms with van der Waals surface area (Å²) in [7, 11) is 0. The van der Waals surface area contributed by atoms with Crippen LogP contribution in [0.15, 0.2) is 70.4 Å². The molecule has 0 radical (unpaired) electrons. The van der Waals surface area contributed by atoms with E-state index < -0.39 is 5.60 Å². The van der Waals surface area contributed by atoms with E-state index in [9.17, 15) is 9.50 Å². The van der Waals surface area contributed by atoms with Crippen molar-refractivity contribution in [2.24, 2.45) is 4.99 Å². The van der Waals surface area contributed by atoms with Crippen LogP contribution in [-0.2, 0) is 12.1 Å². The van der Waals surface area contributed by atoms with Gasteiger partial charge in [-0.25, -0.2) is 14.4 Å². The van der Waals surface area contributed by atoms with Gasteiger partial charge in [-0.2, -0.15) is 0 Å². The first kappa shape index (κ1) is 24.6. The molecule has 0 aliphatic rings. The molecule has 2 heterocycles. The summed E-state index contributed by atoms with van der Waals surface area (Å²) in [6, 6.07) is 12.9. The minimum atomic E-state index is -1.17. The second-order valence-corrected chi connectivity index (χ2v) is 6.86. The van der Waals surface area contributed by atoms with E-state index in [0.717, 1.165) is 5.56 Å². The molecule has 0 amide bonds. The Morgan fingerprint density at radius 3 is 2.71 bits per heavy atom. The van der Waals surface area contributed by atoms with Gasteiger partial charge in [0.05, 0.1) is 19.4 Å². The van der Waals surface area contributed by atoms with Crippen LogP contribution in [0.4, 0.5) is 4.39 Å². The summed E-state index contributed by atoms with van der Waals surface area (Å²) in [6.07, 6.45) is 3.18. The van der Waals surface area contributed by atoms with Gasteiger partial charge in [0, 0.05) is 24.9 Å². The van der Waals surface area contributed by atoms with Crippen LogP contribution in [0.2, 0.25) is 0 Å². The van der Waals surface area contributed by atoms with Crippen molar-refractivity contribution in [3.63, 3.8) is 0 Å². The third-order valence-corrected chi connectivity index (χ3v) is 4.23. The van der Waals surface area contributed by atoms with Crippen molar-refractivity contribution < 1.29 is 18.7 Å². The Labute approximate surface area is 197 Å². The highest BCUT2D eigenvalue weighted by molar-refractivity contribution is 14.0. The number of aliphatic imine (C=N–C) groups is 1. The number of rotatable bonds is 8. The molecule has 7 nitrogen and oxygen atoms in total. The normalized spacial score (nSPS) is 13.1. The van der Waals surface area contributed by atoms with E-state index in [4.69, 9.17) is 9.15 Å². The molecule has 2 aromatic heterocycles. The minimum absolute atomic E-state index is 0. The lowest BCUT2D eigenvalue weighted by Gasteiger charge is -2.22. The van der Waals surface area contributed by atoms with Crippen molar-refractivity contribution in [1.29, 1.82) is 0 Å². The molecule has 3 rings (SSSR count). The first-order chi connectivity index (χ1) is 14.5. The molecule has 0 aliphatic carbocycles. The van der Waals surface area contributed by atoms with E-state index in [1.807, 2.05) is 13.0 Å². The second-order valence-electron chi connectivity index (χ2n) is 6.86. The Kier molecular flexibility index (Phi) is 9.25. The van der Waals surface area contributed by atoms with Crippen LogP contribution in [0.1, 0.15) is 25.2 Å². The van der Waals surface area contributed by atoms with Crippen molar-refractivity contribution >= 4 is 29.9 Å². The quantitative estimate of drug-likeness (QED) is 0.226. The van der Waals surface area contributed by atoms with Gasteiger partial charge in [-0.3, -0.25) is 0 Å². The molecule has 0 aliphatic heterocycles. The molecule has 0 spiro atoms. The third-order valence-electron chi connectivity index (χ3n) is 4.23. The number of aliphatic hydroxyl groups is 1. The number of ether oxygens (including phenoxy) is 1. The zero-order chi connectivity index (χ0) is 21.4. The van der Waals surface area contributed by atoms with Gasteiger partial charge in [-0.15, -0.1) is 24.0 Å². The number of furan rings is 1. The highest BCUT2D eigenvalue weighted by Crippen LogP contribution is 2.21. The van der Waals surface area contributed by atoms with Crippen LogP contribution in [0.25, 0.3) is 0 Å². The first-order valence-electron chi connectivity index (χ1n) is 9.63. The number of benzene rings is 1. The van der Waals surface area contributed by atoms with E-state index in [2.05, 4.69) is 20.6 Å². The SMILES string of the molecule is CCNC(=NCc1ccc(Oc2cccc(F)c2)nc1)NCC(C)(O)c1ccco1.I. The topological polar surface area (TPSA) is 91.9 Å². The highest BCUT2D eigenvalue weighted by atomic mass is 127. The summed E-state index contributed by atoms with van der Waals surface area (Å²) < 4.78 is 24.1. The average molecular weight is 540 g/mol. The summed E-state index contributed by atoms with van der Waals surface area (Å²) in [5, 5.41) is 16.8. The van der Waals surface area contributed by atoms with E-state index in [-0.39, 0.29) is 36.3 Å². The van der Waals surface area contributed by atoms with Crippen molar-refractivity contribution in [3.05, 3.63) is 78.1 Å². The summed E-state index contributed by atoms with van der Waals surface area (Å²) in [6.45, 7) is 4.91. The first-order valence-corrected chi connectivity index (χ1v) is 9.63. The van der Waals surface area contributed by atoms with Crippen LogP contribution >= 0.6 is 24.0 Å². The Hall–Kier alpha value is -2.66. The molecule has 0 saturated carbocycles. The smallest absolute Gasteiger partial charge is 0.219 e. The predicted octanol–water partition coefficient (Wildman–Crippen LogP) is 4.19. The lowest BCUT2D eigenvalue weighted by Crippen LogP contribution is -2.44. The Balaban J connectivity index is 0.00000341. The summed E-state index contributed by atoms with van der Waals surface area (Å²) in [5.74, 6) is 1.42. The lowest BCUT2D eigenvalue weighted by molar-refractivity contribution is 0.0386. The van der Waals surface area contributed by atoms with Crippen molar-refractivity contribution in [2.75, 3.05) is 13.1 Å². The van der Waals surface area contributed by atoms with Crippen molar-refractivity contribution in [2.45, 2.75) is 26.0 Å². The maximum absolute atomic E-state index is 13.2. The molecule has 1 unspecified atom stereocenters. The predicted molar refractivity (Wildman–Crippen MR) is 127 cm³/mol. The monoisotopic (exact) mass is 540 g/mol. The molecular weight excluding hydrogens is 514 g/mol. The molecular formula is C22H26FIN4O3. The van der Waals surface area contributed by atoms with E-state index in [0.29, 0.717) is 36.4 Å². The molecule has 9 heteroatoms. The fraction of sp³-hybridized carbons (Fsp3) is 0.273. The summed E-state index contributed by atoms with van der Waals surface area (Å²) >= 11 is 0. The maximum atomic E-state index is 13.2. The van der Waals surface area contributed by atoms with Crippen molar-refractivity contribution in [1.82, 2.24) is 15.6 Å². The number of nitrogens with zero attached hydrogens (tertiary/aromatic N) is 2. The van der Waals surface area contributed by atoms with Gasteiger partial charge < -0.3 is 24.9 Å². The van der Waals surface area contributed by atoms with Crippen LogP contribution in [-0.4, -0.2) is 29.1 Å². The molecule has 166 valence electrons. The molecule has 0 fully saturated rings. The number of guanidine groups is 1. The third kappa shape index (κ3) is 7.51. The zero-order valence-electron chi connectivity index (χ0n) is 17.3.